The van der Waals surface area contributed by atoms with Crippen LogP contribution in [-0.4, -0.2) is 60.2 Å². The van der Waals surface area contributed by atoms with E-state index in [1.165, 1.54) is 23.5 Å². The Morgan fingerprint density at radius 3 is 2.77 bits per heavy atom. The van der Waals surface area contributed by atoms with Gasteiger partial charge >= 0.3 is 0 Å². The number of morpholine rings is 1. The molecule has 1 aliphatic rings. The molecule has 1 atom stereocenters. The van der Waals surface area contributed by atoms with E-state index in [0.717, 1.165) is 14.9 Å². The average molecular weight is 491 g/mol. The number of carbonyl (C=O) groups is 1. The quantitative estimate of drug-likeness (QED) is 0.539. The summed E-state index contributed by atoms with van der Waals surface area (Å²) in [5.41, 5.74) is 1.46. The van der Waals surface area contributed by atoms with Crippen molar-refractivity contribution in [2.75, 3.05) is 38.3 Å². The molecule has 0 radical (unpaired) electrons. The molecule has 3 heterocycles. The number of ether oxygens (including phenoxy) is 1. The number of thiophene rings is 1. The number of halogens is 2. The number of anilines is 1. The van der Waals surface area contributed by atoms with Gasteiger partial charge in [-0.2, -0.15) is 0 Å². The lowest BCUT2D eigenvalue weighted by molar-refractivity contribution is 0.000602. The van der Waals surface area contributed by atoms with Crippen molar-refractivity contribution in [1.82, 2.24) is 14.9 Å². The van der Waals surface area contributed by atoms with Crippen LogP contribution in [0.15, 0.2) is 52.6 Å². The minimum atomic E-state index is -0.297. The average Bonchev–Trinajstić information content (AvgIpc) is 3.24. The van der Waals surface area contributed by atoms with Gasteiger partial charge in [-0.1, -0.05) is 12.1 Å². The molecule has 3 aromatic rings. The summed E-state index contributed by atoms with van der Waals surface area (Å²) in [5.74, 6) is 0.238. The Labute approximate surface area is 186 Å². The maximum absolute atomic E-state index is 13.4. The van der Waals surface area contributed by atoms with Crippen LogP contribution < -0.4 is 4.90 Å². The second-order valence-electron chi connectivity index (χ2n) is 6.98. The first kappa shape index (κ1) is 20.9. The number of nitrogens with zero attached hydrogens (tertiary/aromatic N) is 4. The number of rotatable bonds is 5. The molecule has 1 amide bonds. The van der Waals surface area contributed by atoms with Crippen molar-refractivity contribution in [2.45, 2.75) is 6.04 Å². The molecular formula is C21H20BrFN4O2S. The molecule has 1 aromatic carbocycles. The van der Waals surface area contributed by atoms with Gasteiger partial charge in [0.25, 0.3) is 5.91 Å². The standard InChI is InChI=1S/C21H20BrFN4O2S/c1-26(21-24-10-15(22)11-25-21)12-17-13-29-8-7-27(17)20(28)18-6-9-30-19(18)14-2-4-16(23)5-3-14/h2-6,9-11,17H,7-8,12-13H2,1H3. The monoisotopic (exact) mass is 490 g/mol. The molecule has 0 aliphatic carbocycles. The summed E-state index contributed by atoms with van der Waals surface area (Å²) >= 11 is 4.82. The molecule has 156 valence electrons. The van der Waals surface area contributed by atoms with Crippen LogP contribution in [0.2, 0.25) is 0 Å². The normalized spacial score (nSPS) is 16.5. The molecule has 0 saturated carbocycles. The highest BCUT2D eigenvalue weighted by Gasteiger charge is 2.31. The van der Waals surface area contributed by atoms with Gasteiger partial charge in [0.2, 0.25) is 5.95 Å². The second-order valence-corrected chi connectivity index (χ2v) is 8.81. The number of hydrogen-bond donors (Lipinski definition) is 0. The van der Waals surface area contributed by atoms with Crippen LogP contribution in [0.1, 0.15) is 10.4 Å². The summed E-state index contributed by atoms with van der Waals surface area (Å²) in [6, 6.07) is 7.92. The SMILES string of the molecule is CN(CC1COCCN1C(=O)c1ccsc1-c1ccc(F)cc1)c1ncc(Br)cn1. The van der Waals surface area contributed by atoms with Crippen molar-refractivity contribution in [3.05, 3.63) is 64.0 Å². The van der Waals surface area contributed by atoms with Gasteiger partial charge in [0.1, 0.15) is 5.82 Å². The first-order valence-corrected chi connectivity index (χ1v) is 11.1. The van der Waals surface area contributed by atoms with E-state index in [2.05, 4.69) is 25.9 Å². The Hall–Kier alpha value is -2.36. The molecule has 0 N–H and O–H groups in total. The topological polar surface area (TPSA) is 58.6 Å². The summed E-state index contributed by atoms with van der Waals surface area (Å²) in [4.78, 5) is 26.7. The minimum absolute atomic E-state index is 0.0472. The van der Waals surface area contributed by atoms with Gasteiger partial charge in [0, 0.05) is 37.4 Å². The van der Waals surface area contributed by atoms with Crippen LogP contribution in [0.5, 0.6) is 0 Å². The first-order chi connectivity index (χ1) is 14.5. The van der Waals surface area contributed by atoms with Crippen molar-refractivity contribution in [1.29, 1.82) is 0 Å². The maximum Gasteiger partial charge on any atom is 0.255 e. The van der Waals surface area contributed by atoms with E-state index < -0.39 is 0 Å². The molecule has 4 rings (SSSR count). The fraction of sp³-hybridized carbons (Fsp3) is 0.286. The predicted octanol–water partition coefficient (Wildman–Crippen LogP) is 4.08. The number of amides is 1. The summed E-state index contributed by atoms with van der Waals surface area (Å²) in [6.07, 6.45) is 3.39. The zero-order valence-electron chi connectivity index (χ0n) is 16.3. The molecule has 0 spiro atoms. The van der Waals surface area contributed by atoms with Crippen LogP contribution in [0, 0.1) is 5.82 Å². The third-order valence-corrected chi connectivity index (χ3v) is 6.30. The van der Waals surface area contributed by atoms with Gasteiger partial charge < -0.3 is 14.5 Å². The summed E-state index contributed by atoms with van der Waals surface area (Å²) < 4.78 is 19.8. The number of benzene rings is 1. The van der Waals surface area contributed by atoms with Crippen LogP contribution in [0.3, 0.4) is 0 Å². The summed E-state index contributed by atoms with van der Waals surface area (Å²) in [7, 11) is 1.90. The minimum Gasteiger partial charge on any atom is -0.377 e. The molecule has 0 bridgehead atoms. The van der Waals surface area contributed by atoms with E-state index in [9.17, 15) is 9.18 Å². The van der Waals surface area contributed by atoms with E-state index in [1.807, 2.05) is 28.3 Å². The van der Waals surface area contributed by atoms with Crippen LogP contribution >= 0.6 is 27.3 Å². The van der Waals surface area contributed by atoms with Crippen LogP contribution in [0.25, 0.3) is 10.4 Å². The Balaban J connectivity index is 1.54. The van der Waals surface area contributed by atoms with E-state index in [4.69, 9.17) is 4.74 Å². The van der Waals surface area contributed by atoms with E-state index in [-0.39, 0.29) is 17.8 Å². The number of aromatic nitrogens is 2. The molecule has 6 nitrogen and oxygen atoms in total. The Bertz CT molecular complexity index is 1010. The van der Waals surface area contributed by atoms with E-state index in [0.29, 0.717) is 37.8 Å². The zero-order valence-corrected chi connectivity index (χ0v) is 18.7. The summed E-state index contributed by atoms with van der Waals surface area (Å²) in [5, 5.41) is 1.89. The molecule has 1 saturated heterocycles. The highest BCUT2D eigenvalue weighted by atomic mass is 79.9. The van der Waals surface area contributed by atoms with Crippen molar-refractivity contribution in [3.63, 3.8) is 0 Å². The third kappa shape index (κ3) is 4.53. The molecule has 9 heteroatoms. The molecular weight excluding hydrogens is 471 g/mol. The highest BCUT2D eigenvalue weighted by molar-refractivity contribution is 9.10. The van der Waals surface area contributed by atoms with Gasteiger partial charge in [-0.05, 0) is 45.1 Å². The summed E-state index contributed by atoms with van der Waals surface area (Å²) in [6.45, 7) is 2.00. The van der Waals surface area contributed by atoms with Gasteiger partial charge in [0.15, 0.2) is 0 Å². The third-order valence-electron chi connectivity index (χ3n) is 4.92. The lowest BCUT2D eigenvalue weighted by atomic mass is 10.1. The van der Waals surface area contributed by atoms with Crippen LogP contribution in [-0.2, 0) is 4.74 Å². The number of likely N-dealkylation sites (N-methyl/N-ethyl adjacent to an activating group) is 1. The maximum atomic E-state index is 13.4. The first-order valence-electron chi connectivity index (χ1n) is 9.44. The second kappa shape index (κ2) is 9.20. The molecule has 1 unspecified atom stereocenters. The largest absolute Gasteiger partial charge is 0.377 e. The van der Waals surface area contributed by atoms with Gasteiger partial charge in [-0.15, -0.1) is 11.3 Å². The zero-order chi connectivity index (χ0) is 21.1. The lowest BCUT2D eigenvalue weighted by Crippen LogP contribution is -2.53. The molecule has 2 aromatic heterocycles. The smallest absolute Gasteiger partial charge is 0.255 e. The Morgan fingerprint density at radius 1 is 1.30 bits per heavy atom. The van der Waals surface area contributed by atoms with E-state index in [1.54, 1.807) is 24.5 Å². The van der Waals surface area contributed by atoms with Crippen molar-refractivity contribution in [2.24, 2.45) is 0 Å². The number of carbonyl (C=O) groups excluding carboxylic acids is 1. The van der Waals surface area contributed by atoms with Crippen molar-refractivity contribution < 1.29 is 13.9 Å². The van der Waals surface area contributed by atoms with Crippen molar-refractivity contribution >= 4 is 39.1 Å². The van der Waals surface area contributed by atoms with Gasteiger partial charge in [-0.25, -0.2) is 14.4 Å². The van der Waals surface area contributed by atoms with Gasteiger partial charge in [0.05, 0.1) is 29.3 Å². The predicted molar refractivity (Wildman–Crippen MR) is 118 cm³/mol. The Morgan fingerprint density at radius 2 is 2.03 bits per heavy atom. The highest BCUT2D eigenvalue weighted by Crippen LogP contribution is 2.31. The number of hydrogen-bond acceptors (Lipinski definition) is 6. The fourth-order valence-corrected chi connectivity index (χ4v) is 4.53. The Kier molecular flexibility index (Phi) is 6.40. The molecule has 1 fully saturated rings. The fourth-order valence-electron chi connectivity index (χ4n) is 3.43. The van der Waals surface area contributed by atoms with E-state index >= 15 is 0 Å². The molecule has 30 heavy (non-hydrogen) atoms. The van der Waals surface area contributed by atoms with Crippen molar-refractivity contribution in [3.8, 4) is 10.4 Å². The van der Waals surface area contributed by atoms with Crippen LogP contribution in [0.4, 0.5) is 10.3 Å². The van der Waals surface area contributed by atoms with Gasteiger partial charge in [-0.3, -0.25) is 4.79 Å². The lowest BCUT2D eigenvalue weighted by Gasteiger charge is -2.37. The molecule has 1 aliphatic heterocycles.